The molecular formula is C22H24F2N2O4. The van der Waals surface area contributed by atoms with Crippen LogP contribution in [0, 0.1) is 17.6 Å². The Bertz CT molecular complexity index is 883. The number of methoxy groups -OCH3 is 1. The topological polar surface area (TPSA) is 75.7 Å². The number of benzene rings is 2. The van der Waals surface area contributed by atoms with Crippen molar-refractivity contribution in [2.24, 2.45) is 5.92 Å². The lowest BCUT2D eigenvalue weighted by Gasteiger charge is -2.29. The van der Waals surface area contributed by atoms with Gasteiger partial charge in [-0.25, -0.2) is 8.78 Å². The Kier molecular flexibility index (Phi) is 8.03. The van der Waals surface area contributed by atoms with E-state index in [9.17, 15) is 23.2 Å². The van der Waals surface area contributed by atoms with Crippen LogP contribution in [0.4, 0.5) is 14.5 Å². The summed E-state index contributed by atoms with van der Waals surface area (Å²) in [5.74, 6) is -3.57. The van der Waals surface area contributed by atoms with Gasteiger partial charge in [0.2, 0.25) is 11.8 Å². The summed E-state index contributed by atoms with van der Waals surface area (Å²) in [7, 11) is 1.22. The summed E-state index contributed by atoms with van der Waals surface area (Å²) >= 11 is 0. The summed E-state index contributed by atoms with van der Waals surface area (Å²) in [5, 5.41) is 2.62. The van der Waals surface area contributed by atoms with Gasteiger partial charge in [-0.1, -0.05) is 32.0 Å². The molecule has 2 rings (SSSR count). The summed E-state index contributed by atoms with van der Waals surface area (Å²) in [6.45, 7) is 3.16. The van der Waals surface area contributed by atoms with Gasteiger partial charge in [0.05, 0.1) is 13.5 Å². The maximum atomic E-state index is 13.4. The zero-order valence-electron chi connectivity index (χ0n) is 17.0. The molecule has 0 aliphatic rings. The second kappa shape index (κ2) is 10.5. The summed E-state index contributed by atoms with van der Waals surface area (Å²) < 4.78 is 31.4. The maximum absolute atomic E-state index is 13.4. The van der Waals surface area contributed by atoms with Gasteiger partial charge in [-0.2, -0.15) is 0 Å². The molecule has 2 amide bonds. The number of ether oxygens (including phenoxy) is 1. The van der Waals surface area contributed by atoms with Crippen LogP contribution in [0.5, 0.6) is 0 Å². The standard InChI is InChI=1S/C22H24F2N2O4/c1-14(2)21(25-19(27)11-15-9-16(23)12-17(24)10-15)22(29)26(13-20(28)30-3)18-7-5-4-6-8-18/h4-10,12,14,21H,11,13H2,1-3H3,(H,25,27)/t21-/m0/s1. The highest BCUT2D eigenvalue weighted by Crippen LogP contribution is 2.17. The number of rotatable bonds is 8. The lowest BCUT2D eigenvalue weighted by atomic mass is 10.0. The Morgan fingerprint density at radius 3 is 2.17 bits per heavy atom. The molecule has 0 spiro atoms. The number of para-hydroxylation sites is 1. The smallest absolute Gasteiger partial charge is 0.325 e. The molecule has 0 saturated heterocycles. The molecule has 0 aliphatic carbocycles. The van der Waals surface area contributed by atoms with Crippen LogP contribution >= 0.6 is 0 Å². The maximum Gasteiger partial charge on any atom is 0.325 e. The van der Waals surface area contributed by atoms with Crippen molar-refractivity contribution in [1.29, 1.82) is 0 Å². The largest absolute Gasteiger partial charge is 0.468 e. The van der Waals surface area contributed by atoms with Crippen LogP contribution in [0.1, 0.15) is 19.4 Å². The Morgan fingerprint density at radius 1 is 1.03 bits per heavy atom. The first-order valence-corrected chi connectivity index (χ1v) is 9.38. The van der Waals surface area contributed by atoms with Crippen molar-refractivity contribution < 1.29 is 27.9 Å². The van der Waals surface area contributed by atoms with Crippen molar-refractivity contribution >= 4 is 23.5 Å². The molecule has 0 fully saturated rings. The Labute approximate surface area is 173 Å². The summed E-state index contributed by atoms with van der Waals surface area (Å²) in [6, 6.07) is 10.4. The van der Waals surface area contributed by atoms with Gasteiger partial charge in [-0.3, -0.25) is 19.3 Å². The number of carbonyl (C=O) groups excluding carboxylic acids is 3. The quantitative estimate of drug-likeness (QED) is 0.669. The van der Waals surface area contributed by atoms with Crippen LogP contribution < -0.4 is 10.2 Å². The van der Waals surface area contributed by atoms with Crippen LogP contribution in [0.3, 0.4) is 0 Å². The monoisotopic (exact) mass is 418 g/mol. The van der Waals surface area contributed by atoms with E-state index >= 15 is 0 Å². The fraction of sp³-hybridized carbons (Fsp3) is 0.318. The van der Waals surface area contributed by atoms with Crippen LogP contribution in [-0.2, 0) is 25.5 Å². The fourth-order valence-electron chi connectivity index (χ4n) is 2.90. The van der Waals surface area contributed by atoms with Gasteiger partial charge in [0.1, 0.15) is 24.2 Å². The molecule has 0 saturated carbocycles. The number of nitrogens with zero attached hydrogens (tertiary/aromatic N) is 1. The Balaban J connectivity index is 2.22. The number of amides is 2. The molecule has 0 unspecified atom stereocenters. The molecule has 0 bridgehead atoms. The molecular weight excluding hydrogens is 394 g/mol. The zero-order chi connectivity index (χ0) is 22.3. The van der Waals surface area contributed by atoms with Gasteiger partial charge in [-0.15, -0.1) is 0 Å². The fourth-order valence-corrected chi connectivity index (χ4v) is 2.90. The van der Waals surface area contributed by atoms with Crippen LogP contribution in [-0.4, -0.2) is 37.5 Å². The molecule has 0 heterocycles. The third-order valence-corrected chi connectivity index (χ3v) is 4.39. The normalized spacial score (nSPS) is 11.7. The highest BCUT2D eigenvalue weighted by Gasteiger charge is 2.31. The van der Waals surface area contributed by atoms with E-state index in [0.717, 1.165) is 12.1 Å². The van der Waals surface area contributed by atoms with Crippen molar-refractivity contribution in [2.75, 3.05) is 18.6 Å². The highest BCUT2D eigenvalue weighted by molar-refractivity contribution is 6.02. The molecule has 0 aromatic heterocycles. The van der Waals surface area contributed by atoms with E-state index in [1.165, 1.54) is 12.0 Å². The SMILES string of the molecule is COC(=O)CN(C(=O)[C@@H](NC(=O)Cc1cc(F)cc(F)c1)C(C)C)c1ccccc1. The van der Waals surface area contributed by atoms with Gasteiger partial charge in [0, 0.05) is 11.8 Å². The first-order valence-electron chi connectivity index (χ1n) is 9.38. The van der Waals surface area contributed by atoms with Crippen molar-refractivity contribution in [1.82, 2.24) is 5.32 Å². The van der Waals surface area contributed by atoms with E-state index in [0.29, 0.717) is 11.8 Å². The Hall–Kier alpha value is -3.29. The summed E-state index contributed by atoms with van der Waals surface area (Å²) in [6.07, 6.45) is -0.298. The predicted molar refractivity (Wildman–Crippen MR) is 108 cm³/mol. The van der Waals surface area contributed by atoms with Gasteiger partial charge in [0.15, 0.2) is 0 Å². The van der Waals surface area contributed by atoms with Crippen molar-refractivity contribution in [3.8, 4) is 0 Å². The highest BCUT2D eigenvalue weighted by atomic mass is 19.1. The molecule has 2 aromatic carbocycles. The minimum absolute atomic E-state index is 0.148. The molecule has 2 aromatic rings. The molecule has 160 valence electrons. The average molecular weight is 418 g/mol. The van der Waals surface area contributed by atoms with E-state index in [-0.39, 0.29) is 24.4 Å². The van der Waals surface area contributed by atoms with E-state index in [1.807, 2.05) is 0 Å². The van der Waals surface area contributed by atoms with E-state index in [2.05, 4.69) is 10.1 Å². The second-order valence-electron chi connectivity index (χ2n) is 7.08. The second-order valence-corrected chi connectivity index (χ2v) is 7.08. The number of hydrogen-bond acceptors (Lipinski definition) is 4. The van der Waals surface area contributed by atoms with E-state index in [1.54, 1.807) is 44.2 Å². The summed E-state index contributed by atoms with van der Waals surface area (Å²) in [4.78, 5) is 38.8. The third-order valence-electron chi connectivity index (χ3n) is 4.39. The number of anilines is 1. The van der Waals surface area contributed by atoms with Crippen LogP contribution in [0.25, 0.3) is 0 Å². The first-order chi connectivity index (χ1) is 14.2. The van der Waals surface area contributed by atoms with Gasteiger partial charge in [-0.05, 0) is 35.7 Å². The van der Waals surface area contributed by atoms with Crippen molar-refractivity contribution in [3.63, 3.8) is 0 Å². The van der Waals surface area contributed by atoms with Gasteiger partial charge >= 0.3 is 5.97 Å². The lowest BCUT2D eigenvalue weighted by Crippen LogP contribution is -2.53. The molecule has 1 N–H and O–H groups in total. The third kappa shape index (κ3) is 6.37. The minimum atomic E-state index is -0.958. The van der Waals surface area contributed by atoms with E-state index < -0.39 is 35.5 Å². The van der Waals surface area contributed by atoms with E-state index in [4.69, 9.17) is 0 Å². The number of nitrogens with one attached hydrogen (secondary N) is 1. The predicted octanol–water partition coefficient (Wildman–Crippen LogP) is 2.85. The van der Waals surface area contributed by atoms with Crippen molar-refractivity contribution in [3.05, 3.63) is 65.7 Å². The average Bonchev–Trinajstić information content (AvgIpc) is 2.69. The molecule has 0 aliphatic heterocycles. The number of hydrogen-bond donors (Lipinski definition) is 1. The number of esters is 1. The van der Waals surface area contributed by atoms with Crippen molar-refractivity contribution in [2.45, 2.75) is 26.3 Å². The minimum Gasteiger partial charge on any atom is -0.468 e. The summed E-state index contributed by atoms with van der Waals surface area (Å²) in [5.41, 5.74) is 0.620. The molecule has 0 radical (unpaired) electrons. The van der Waals surface area contributed by atoms with Gasteiger partial charge in [0.25, 0.3) is 0 Å². The van der Waals surface area contributed by atoms with Gasteiger partial charge < -0.3 is 10.1 Å². The number of halogens is 2. The number of carbonyl (C=O) groups is 3. The Morgan fingerprint density at radius 2 is 1.63 bits per heavy atom. The molecule has 30 heavy (non-hydrogen) atoms. The lowest BCUT2D eigenvalue weighted by molar-refractivity contribution is -0.140. The zero-order valence-corrected chi connectivity index (χ0v) is 17.0. The van der Waals surface area contributed by atoms with Crippen LogP contribution in [0.2, 0.25) is 0 Å². The molecule has 1 atom stereocenters. The molecule has 8 heteroatoms. The molecule has 6 nitrogen and oxygen atoms in total. The van der Waals surface area contributed by atoms with Crippen LogP contribution in [0.15, 0.2) is 48.5 Å². The first kappa shape index (κ1) is 23.0.